The van der Waals surface area contributed by atoms with E-state index in [1.807, 2.05) is 26.2 Å². The van der Waals surface area contributed by atoms with Crippen molar-refractivity contribution < 1.29 is 5.11 Å². The van der Waals surface area contributed by atoms with Gasteiger partial charge in [0.2, 0.25) is 0 Å². The lowest BCUT2D eigenvalue weighted by Gasteiger charge is -2.35. The predicted octanol–water partition coefficient (Wildman–Crippen LogP) is 1.47. The van der Waals surface area contributed by atoms with E-state index in [1.165, 1.54) is 5.56 Å². The van der Waals surface area contributed by atoms with Gasteiger partial charge in [-0.3, -0.25) is 4.90 Å². The standard InChI is InChI=1S/C13H21N3O/c1-13(17)5-7-16(8-6-13)10-11-3-4-12(14-2)15-9-11/h3-4,9,17H,5-8,10H2,1-2H3,(H,14,15). The molecule has 0 atom stereocenters. The zero-order valence-corrected chi connectivity index (χ0v) is 10.6. The smallest absolute Gasteiger partial charge is 0.125 e. The van der Waals surface area contributed by atoms with Crippen LogP contribution in [0.4, 0.5) is 5.82 Å². The topological polar surface area (TPSA) is 48.4 Å². The molecular weight excluding hydrogens is 214 g/mol. The molecule has 4 heteroatoms. The third-order valence-electron chi connectivity index (χ3n) is 3.42. The van der Waals surface area contributed by atoms with Gasteiger partial charge in [-0.25, -0.2) is 4.98 Å². The van der Waals surface area contributed by atoms with Crippen LogP contribution in [0.3, 0.4) is 0 Å². The van der Waals surface area contributed by atoms with Gasteiger partial charge in [-0.1, -0.05) is 6.07 Å². The average molecular weight is 235 g/mol. The minimum atomic E-state index is -0.468. The molecule has 4 nitrogen and oxygen atoms in total. The molecule has 1 aromatic heterocycles. The highest BCUT2D eigenvalue weighted by Crippen LogP contribution is 2.22. The maximum atomic E-state index is 9.88. The van der Waals surface area contributed by atoms with Crippen molar-refractivity contribution in [1.29, 1.82) is 0 Å². The fourth-order valence-corrected chi connectivity index (χ4v) is 2.12. The molecule has 94 valence electrons. The van der Waals surface area contributed by atoms with Crippen molar-refractivity contribution in [2.45, 2.75) is 31.9 Å². The van der Waals surface area contributed by atoms with Gasteiger partial charge in [-0.05, 0) is 31.4 Å². The molecule has 0 radical (unpaired) electrons. The molecule has 1 aliphatic rings. The van der Waals surface area contributed by atoms with E-state index in [0.717, 1.165) is 38.3 Å². The molecule has 0 unspecified atom stereocenters. The van der Waals surface area contributed by atoms with Gasteiger partial charge in [0, 0.05) is 32.9 Å². The largest absolute Gasteiger partial charge is 0.390 e. The Bertz CT molecular complexity index is 351. The van der Waals surface area contributed by atoms with Crippen LogP contribution in [0.5, 0.6) is 0 Å². The molecule has 1 fully saturated rings. The van der Waals surface area contributed by atoms with Crippen molar-refractivity contribution in [3.63, 3.8) is 0 Å². The van der Waals surface area contributed by atoms with Crippen LogP contribution >= 0.6 is 0 Å². The second kappa shape index (κ2) is 5.02. The first-order valence-electron chi connectivity index (χ1n) is 6.16. The van der Waals surface area contributed by atoms with Crippen LogP contribution < -0.4 is 5.32 Å². The lowest BCUT2D eigenvalue weighted by Crippen LogP contribution is -2.41. The van der Waals surface area contributed by atoms with Gasteiger partial charge in [0.15, 0.2) is 0 Å². The van der Waals surface area contributed by atoms with Crippen LogP contribution in [0, 0.1) is 0 Å². The summed E-state index contributed by atoms with van der Waals surface area (Å²) in [6, 6.07) is 4.10. The van der Waals surface area contributed by atoms with Gasteiger partial charge in [0.1, 0.15) is 5.82 Å². The maximum absolute atomic E-state index is 9.88. The van der Waals surface area contributed by atoms with Crippen LogP contribution in [0.25, 0.3) is 0 Å². The van der Waals surface area contributed by atoms with Crippen molar-refractivity contribution in [3.05, 3.63) is 23.9 Å². The number of aliphatic hydroxyl groups is 1. The Morgan fingerprint density at radius 2 is 2.12 bits per heavy atom. The number of piperidine rings is 1. The molecular formula is C13H21N3O. The number of pyridine rings is 1. The summed E-state index contributed by atoms with van der Waals surface area (Å²) in [6.45, 7) is 4.77. The predicted molar refractivity (Wildman–Crippen MR) is 68.9 cm³/mol. The Morgan fingerprint density at radius 3 is 2.65 bits per heavy atom. The van der Waals surface area contributed by atoms with Crippen LogP contribution in [0.15, 0.2) is 18.3 Å². The van der Waals surface area contributed by atoms with Crippen molar-refractivity contribution in [2.24, 2.45) is 0 Å². The van der Waals surface area contributed by atoms with Crippen LogP contribution in [-0.2, 0) is 6.54 Å². The Morgan fingerprint density at radius 1 is 1.41 bits per heavy atom. The number of nitrogens with zero attached hydrogens (tertiary/aromatic N) is 2. The fourth-order valence-electron chi connectivity index (χ4n) is 2.12. The molecule has 0 aliphatic carbocycles. The van der Waals surface area contributed by atoms with Gasteiger partial charge in [-0.2, -0.15) is 0 Å². The second-order valence-corrected chi connectivity index (χ2v) is 5.07. The van der Waals surface area contributed by atoms with E-state index in [0.29, 0.717) is 0 Å². The molecule has 0 saturated carbocycles. The highest BCUT2D eigenvalue weighted by molar-refractivity contribution is 5.34. The summed E-state index contributed by atoms with van der Waals surface area (Å²) in [5.41, 5.74) is 0.760. The van der Waals surface area contributed by atoms with Crippen molar-refractivity contribution in [2.75, 3.05) is 25.5 Å². The Labute approximate surface area is 103 Å². The molecule has 2 rings (SSSR count). The third kappa shape index (κ3) is 3.41. The SMILES string of the molecule is CNc1ccc(CN2CCC(C)(O)CC2)cn1. The number of nitrogens with one attached hydrogen (secondary N) is 1. The first-order chi connectivity index (χ1) is 8.09. The molecule has 1 saturated heterocycles. The molecule has 17 heavy (non-hydrogen) atoms. The molecule has 1 aliphatic heterocycles. The normalized spacial score (nSPS) is 20.2. The molecule has 0 spiro atoms. The van der Waals surface area contributed by atoms with Gasteiger partial charge < -0.3 is 10.4 Å². The second-order valence-electron chi connectivity index (χ2n) is 5.07. The van der Waals surface area contributed by atoms with Crippen LogP contribution in [-0.4, -0.2) is 40.7 Å². The van der Waals surface area contributed by atoms with Crippen LogP contribution in [0.1, 0.15) is 25.3 Å². The summed E-state index contributed by atoms with van der Waals surface area (Å²) in [5, 5.41) is 12.9. The van der Waals surface area contributed by atoms with Gasteiger partial charge in [0.25, 0.3) is 0 Å². The summed E-state index contributed by atoms with van der Waals surface area (Å²) >= 11 is 0. The summed E-state index contributed by atoms with van der Waals surface area (Å²) < 4.78 is 0. The molecule has 2 heterocycles. The zero-order valence-electron chi connectivity index (χ0n) is 10.6. The monoisotopic (exact) mass is 235 g/mol. The first-order valence-corrected chi connectivity index (χ1v) is 6.16. The lowest BCUT2D eigenvalue weighted by molar-refractivity contribution is -0.00731. The number of likely N-dealkylation sites (tertiary alicyclic amines) is 1. The lowest BCUT2D eigenvalue weighted by atomic mass is 9.94. The maximum Gasteiger partial charge on any atom is 0.125 e. The highest BCUT2D eigenvalue weighted by Gasteiger charge is 2.26. The quantitative estimate of drug-likeness (QED) is 0.833. The average Bonchev–Trinajstić information content (AvgIpc) is 2.33. The molecule has 0 bridgehead atoms. The fraction of sp³-hybridized carbons (Fsp3) is 0.615. The number of hydrogen-bond acceptors (Lipinski definition) is 4. The van der Waals surface area contributed by atoms with E-state index in [-0.39, 0.29) is 0 Å². The zero-order chi connectivity index (χ0) is 12.3. The molecule has 0 aromatic carbocycles. The number of rotatable bonds is 3. The van der Waals surface area contributed by atoms with E-state index in [2.05, 4.69) is 21.3 Å². The summed E-state index contributed by atoms with van der Waals surface area (Å²) in [4.78, 5) is 6.67. The minimum absolute atomic E-state index is 0.468. The van der Waals surface area contributed by atoms with Crippen molar-refractivity contribution >= 4 is 5.82 Å². The Balaban J connectivity index is 1.89. The summed E-state index contributed by atoms with van der Waals surface area (Å²) in [5.74, 6) is 0.898. The number of aromatic nitrogens is 1. The van der Waals surface area contributed by atoms with E-state index in [9.17, 15) is 5.11 Å². The molecule has 2 N–H and O–H groups in total. The van der Waals surface area contributed by atoms with Crippen LogP contribution in [0.2, 0.25) is 0 Å². The van der Waals surface area contributed by atoms with Crippen molar-refractivity contribution in [1.82, 2.24) is 9.88 Å². The van der Waals surface area contributed by atoms with Gasteiger partial charge in [0.05, 0.1) is 5.60 Å². The summed E-state index contributed by atoms with van der Waals surface area (Å²) in [6.07, 6.45) is 3.63. The summed E-state index contributed by atoms with van der Waals surface area (Å²) in [7, 11) is 1.87. The van der Waals surface area contributed by atoms with E-state index < -0.39 is 5.60 Å². The van der Waals surface area contributed by atoms with E-state index >= 15 is 0 Å². The minimum Gasteiger partial charge on any atom is -0.390 e. The Kier molecular flexibility index (Phi) is 3.64. The first kappa shape index (κ1) is 12.3. The molecule has 1 aromatic rings. The van der Waals surface area contributed by atoms with Crippen molar-refractivity contribution in [3.8, 4) is 0 Å². The van der Waals surface area contributed by atoms with Gasteiger partial charge in [-0.15, -0.1) is 0 Å². The van der Waals surface area contributed by atoms with E-state index in [4.69, 9.17) is 0 Å². The highest BCUT2D eigenvalue weighted by atomic mass is 16.3. The number of hydrogen-bond donors (Lipinski definition) is 2. The van der Waals surface area contributed by atoms with E-state index in [1.54, 1.807) is 0 Å². The number of anilines is 1. The van der Waals surface area contributed by atoms with Gasteiger partial charge >= 0.3 is 0 Å². The Hall–Kier alpha value is -1.13. The third-order valence-corrected chi connectivity index (χ3v) is 3.42. The molecule has 0 amide bonds.